The monoisotopic (exact) mass is 478 g/mol. The van der Waals surface area contributed by atoms with Crippen molar-refractivity contribution in [2.24, 2.45) is 5.92 Å². The highest BCUT2D eigenvalue weighted by molar-refractivity contribution is 5.80. The first-order chi connectivity index (χ1) is 16.7. The van der Waals surface area contributed by atoms with Gasteiger partial charge in [0.15, 0.2) is 0 Å². The maximum atomic E-state index is 12.8. The molecule has 0 unspecified atom stereocenters. The average molecular weight is 479 g/mol. The number of rotatable bonds is 8. The second kappa shape index (κ2) is 10.5. The number of carbonyl (C=O) groups excluding carboxylic acids is 2. The lowest BCUT2D eigenvalue weighted by Crippen LogP contribution is -2.48. The third kappa shape index (κ3) is 6.02. The summed E-state index contributed by atoms with van der Waals surface area (Å²) in [7, 11) is 0. The maximum absolute atomic E-state index is 12.8. The number of nitrogens with one attached hydrogen (secondary N) is 2. The van der Waals surface area contributed by atoms with Crippen LogP contribution in [0.1, 0.15) is 69.4 Å². The SMILES string of the molecule is CC(C)(CC(=O)O)NC(=O)C[C@H]1CCCC[C@H]1NC(=O)OCC1c2ccccc2-c2ccccc21. The predicted molar refractivity (Wildman–Crippen MR) is 133 cm³/mol. The van der Waals surface area contributed by atoms with Crippen molar-refractivity contribution >= 4 is 18.0 Å². The van der Waals surface area contributed by atoms with Gasteiger partial charge in [0.1, 0.15) is 6.61 Å². The van der Waals surface area contributed by atoms with Crippen molar-refractivity contribution in [1.29, 1.82) is 0 Å². The molecule has 0 saturated heterocycles. The molecule has 186 valence electrons. The van der Waals surface area contributed by atoms with Crippen molar-refractivity contribution in [3.05, 3.63) is 59.7 Å². The van der Waals surface area contributed by atoms with Gasteiger partial charge in [-0.1, -0.05) is 61.4 Å². The van der Waals surface area contributed by atoms with Gasteiger partial charge in [-0.2, -0.15) is 0 Å². The lowest BCUT2D eigenvalue weighted by molar-refractivity contribution is -0.138. The Balaban J connectivity index is 1.34. The molecule has 7 heteroatoms. The fourth-order valence-electron chi connectivity index (χ4n) is 5.52. The lowest BCUT2D eigenvalue weighted by Gasteiger charge is -2.33. The van der Waals surface area contributed by atoms with E-state index < -0.39 is 17.6 Å². The lowest BCUT2D eigenvalue weighted by atomic mass is 9.82. The molecule has 0 aliphatic heterocycles. The van der Waals surface area contributed by atoms with Gasteiger partial charge in [-0.3, -0.25) is 9.59 Å². The van der Waals surface area contributed by atoms with E-state index in [1.165, 1.54) is 11.1 Å². The van der Waals surface area contributed by atoms with Crippen molar-refractivity contribution in [2.45, 2.75) is 69.9 Å². The van der Waals surface area contributed by atoms with Crippen LogP contribution in [-0.4, -0.2) is 41.3 Å². The molecule has 4 rings (SSSR count). The van der Waals surface area contributed by atoms with Crippen molar-refractivity contribution in [3.8, 4) is 11.1 Å². The topological polar surface area (TPSA) is 105 Å². The number of carbonyl (C=O) groups is 3. The maximum Gasteiger partial charge on any atom is 0.407 e. The van der Waals surface area contributed by atoms with Gasteiger partial charge in [-0.15, -0.1) is 0 Å². The van der Waals surface area contributed by atoms with Gasteiger partial charge in [-0.25, -0.2) is 4.79 Å². The summed E-state index contributed by atoms with van der Waals surface area (Å²) in [5.74, 6) is -1.16. The summed E-state index contributed by atoms with van der Waals surface area (Å²) in [4.78, 5) is 36.4. The summed E-state index contributed by atoms with van der Waals surface area (Å²) < 4.78 is 5.70. The van der Waals surface area contributed by atoms with Gasteiger partial charge in [0.05, 0.1) is 6.42 Å². The fourth-order valence-corrected chi connectivity index (χ4v) is 5.52. The van der Waals surface area contributed by atoms with Crippen LogP contribution in [0, 0.1) is 5.92 Å². The molecule has 1 fully saturated rings. The second-order valence-electron chi connectivity index (χ2n) is 10.3. The Morgan fingerprint density at radius 2 is 1.57 bits per heavy atom. The van der Waals surface area contributed by atoms with Crippen molar-refractivity contribution in [1.82, 2.24) is 10.6 Å². The highest BCUT2D eigenvalue weighted by atomic mass is 16.5. The van der Waals surface area contributed by atoms with E-state index in [4.69, 9.17) is 9.84 Å². The first kappa shape index (κ1) is 24.8. The molecule has 0 bridgehead atoms. The first-order valence-electron chi connectivity index (χ1n) is 12.4. The van der Waals surface area contributed by atoms with Crippen LogP contribution in [0.4, 0.5) is 4.79 Å². The molecule has 2 atom stereocenters. The molecule has 2 aromatic rings. The molecule has 2 amide bonds. The molecule has 0 radical (unpaired) electrons. The van der Waals surface area contributed by atoms with Crippen molar-refractivity contribution < 1.29 is 24.2 Å². The fraction of sp³-hybridized carbons (Fsp3) is 0.464. The molecule has 1 saturated carbocycles. The van der Waals surface area contributed by atoms with Gasteiger partial charge in [0, 0.05) is 23.9 Å². The molecular formula is C28H34N2O5. The van der Waals surface area contributed by atoms with Crippen LogP contribution in [-0.2, 0) is 14.3 Å². The number of hydrogen-bond acceptors (Lipinski definition) is 4. The van der Waals surface area contributed by atoms with E-state index in [1.54, 1.807) is 13.8 Å². The van der Waals surface area contributed by atoms with Gasteiger partial charge in [0.25, 0.3) is 0 Å². The summed E-state index contributed by atoms with van der Waals surface area (Å²) in [5.41, 5.74) is 3.87. The number of alkyl carbamates (subject to hydrolysis) is 1. The molecule has 3 N–H and O–H groups in total. The van der Waals surface area contributed by atoms with Crippen molar-refractivity contribution in [2.75, 3.05) is 6.61 Å². The zero-order valence-electron chi connectivity index (χ0n) is 20.4. The minimum absolute atomic E-state index is 0.00227. The molecule has 0 aromatic heterocycles. The van der Waals surface area contributed by atoms with E-state index in [1.807, 2.05) is 24.3 Å². The molecule has 7 nitrogen and oxygen atoms in total. The Morgan fingerprint density at radius 1 is 0.971 bits per heavy atom. The molecule has 0 spiro atoms. The largest absolute Gasteiger partial charge is 0.481 e. The molecule has 0 heterocycles. The van der Waals surface area contributed by atoms with Gasteiger partial charge in [0.2, 0.25) is 5.91 Å². The highest BCUT2D eigenvalue weighted by Gasteiger charge is 2.32. The minimum atomic E-state index is -0.956. The number of carboxylic acid groups (broad SMARTS) is 1. The normalized spacial score (nSPS) is 19.4. The number of hydrogen-bond donors (Lipinski definition) is 3. The standard InChI is InChI=1S/C28H34N2O5/c1-28(2,16-26(32)33)30-25(31)15-18-9-3-8-14-24(18)29-27(34)35-17-23-21-12-6-4-10-19(21)20-11-5-7-13-22(20)23/h4-7,10-13,18,23-24H,3,8-9,14-17H2,1-2H3,(H,29,34)(H,30,31)(H,32,33)/t18-,24-/m1/s1. The summed E-state index contributed by atoms with van der Waals surface area (Å²) in [6, 6.07) is 16.3. The Bertz CT molecular complexity index is 1050. The zero-order valence-corrected chi connectivity index (χ0v) is 20.4. The first-order valence-corrected chi connectivity index (χ1v) is 12.4. The van der Waals surface area contributed by atoms with Gasteiger partial charge in [-0.05, 0) is 54.9 Å². The van der Waals surface area contributed by atoms with E-state index >= 15 is 0 Å². The van der Waals surface area contributed by atoms with Crippen LogP contribution in [0.5, 0.6) is 0 Å². The van der Waals surface area contributed by atoms with E-state index in [9.17, 15) is 14.4 Å². The number of aliphatic carboxylic acids is 1. The smallest absolute Gasteiger partial charge is 0.407 e. The van der Waals surface area contributed by atoms with Crippen LogP contribution in [0.15, 0.2) is 48.5 Å². The number of carboxylic acids is 1. The quantitative estimate of drug-likeness (QED) is 0.503. The van der Waals surface area contributed by atoms with Crippen LogP contribution >= 0.6 is 0 Å². The summed E-state index contributed by atoms with van der Waals surface area (Å²) in [5, 5.41) is 14.9. The van der Waals surface area contributed by atoms with Crippen LogP contribution in [0.25, 0.3) is 11.1 Å². The van der Waals surface area contributed by atoms with Crippen molar-refractivity contribution in [3.63, 3.8) is 0 Å². The van der Waals surface area contributed by atoms with E-state index in [2.05, 4.69) is 34.9 Å². The minimum Gasteiger partial charge on any atom is -0.481 e. The summed E-state index contributed by atoms with van der Waals surface area (Å²) in [6.07, 6.45) is 3.25. The molecular weight excluding hydrogens is 444 g/mol. The third-order valence-corrected chi connectivity index (χ3v) is 7.07. The average Bonchev–Trinajstić information content (AvgIpc) is 3.11. The second-order valence-corrected chi connectivity index (χ2v) is 10.3. The molecule has 2 aromatic carbocycles. The van der Waals surface area contributed by atoms with Gasteiger partial charge < -0.3 is 20.5 Å². The predicted octanol–water partition coefficient (Wildman–Crippen LogP) is 4.84. The number of benzene rings is 2. The molecule has 2 aliphatic rings. The third-order valence-electron chi connectivity index (χ3n) is 7.07. The highest BCUT2D eigenvalue weighted by Crippen LogP contribution is 2.44. The Hall–Kier alpha value is -3.35. The van der Waals surface area contributed by atoms with Crippen LogP contribution < -0.4 is 10.6 Å². The number of ether oxygens (including phenoxy) is 1. The summed E-state index contributed by atoms with van der Waals surface area (Å²) >= 11 is 0. The zero-order chi connectivity index (χ0) is 25.0. The Morgan fingerprint density at radius 3 is 2.20 bits per heavy atom. The van der Waals surface area contributed by atoms with E-state index in [-0.39, 0.29) is 43.2 Å². The Kier molecular flexibility index (Phi) is 7.43. The van der Waals surface area contributed by atoms with Crippen LogP contribution in [0.3, 0.4) is 0 Å². The Labute approximate surface area is 206 Å². The molecule has 2 aliphatic carbocycles. The molecule has 35 heavy (non-hydrogen) atoms. The summed E-state index contributed by atoms with van der Waals surface area (Å²) in [6.45, 7) is 3.65. The van der Waals surface area contributed by atoms with E-state index in [0.29, 0.717) is 0 Å². The number of amides is 2. The van der Waals surface area contributed by atoms with Gasteiger partial charge >= 0.3 is 12.1 Å². The number of fused-ring (bicyclic) bond motifs is 3. The van der Waals surface area contributed by atoms with Crippen LogP contribution in [0.2, 0.25) is 0 Å². The van der Waals surface area contributed by atoms with E-state index in [0.717, 1.165) is 36.8 Å².